The second-order valence-corrected chi connectivity index (χ2v) is 17.5. The van der Waals surface area contributed by atoms with Crippen molar-refractivity contribution in [2.45, 2.75) is 89.5 Å². The quantitative estimate of drug-likeness (QED) is 0.225. The lowest BCUT2D eigenvalue weighted by Gasteiger charge is -2.34. The second-order valence-electron chi connectivity index (χ2n) is 15.1. The summed E-state index contributed by atoms with van der Waals surface area (Å²) in [6.07, 6.45) is 7.00. The zero-order valence-corrected chi connectivity index (χ0v) is 30.2. The van der Waals surface area contributed by atoms with Crippen LogP contribution in [0.2, 0.25) is 5.15 Å². The molecule has 4 bridgehead atoms. The smallest absolute Gasteiger partial charge is 0.306 e. The Hall–Kier alpha value is -3.77. The number of hydrogen-bond acceptors (Lipinski definition) is 9. The first kappa shape index (κ1) is 36.0. The molecular weight excluding hydrogens is 682 g/mol. The number of esters is 1. The second kappa shape index (κ2) is 13.7. The van der Waals surface area contributed by atoms with Gasteiger partial charge in [0.15, 0.2) is 5.78 Å². The molecule has 2 amide bonds. The monoisotopic (exact) mass is 725 g/mol. The van der Waals surface area contributed by atoms with Crippen LogP contribution in [0.1, 0.15) is 77.7 Å². The molecular formula is C37H44ClN3O8S. The first-order chi connectivity index (χ1) is 23.6. The van der Waals surface area contributed by atoms with Gasteiger partial charge in [0, 0.05) is 18.2 Å². The van der Waals surface area contributed by atoms with Crippen LogP contribution in [-0.2, 0) is 33.9 Å². The number of fused-ring (bicyclic) bond motifs is 3. The number of Topliss-reactive ketones (excluding diaryl/α,β-unsaturated/α-hetero) is 1. The maximum Gasteiger partial charge on any atom is 0.306 e. The number of rotatable bonds is 7. The molecule has 0 radical (unpaired) electrons. The third kappa shape index (κ3) is 7.61. The predicted octanol–water partition coefficient (Wildman–Crippen LogP) is 5.40. The Bertz CT molecular complexity index is 1870. The summed E-state index contributed by atoms with van der Waals surface area (Å²) in [6.45, 7) is 9.61. The number of carbonyl (C=O) groups is 4. The van der Waals surface area contributed by atoms with Gasteiger partial charge in [-0.25, -0.2) is 13.4 Å². The Kier molecular flexibility index (Phi) is 9.91. The minimum atomic E-state index is -3.85. The molecule has 1 aromatic heterocycles. The van der Waals surface area contributed by atoms with Crippen LogP contribution in [0.25, 0.3) is 16.8 Å². The summed E-state index contributed by atoms with van der Waals surface area (Å²) < 4.78 is 39.6. The third-order valence-electron chi connectivity index (χ3n) is 10.3. The Labute approximate surface area is 297 Å². The minimum absolute atomic E-state index is 0.0201. The van der Waals surface area contributed by atoms with E-state index in [1.807, 2.05) is 51.1 Å². The van der Waals surface area contributed by atoms with Crippen LogP contribution in [0.4, 0.5) is 0 Å². The molecule has 2 saturated carbocycles. The number of carbonyl (C=O) groups excluding carboxylic acids is 4. The number of amides is 2. The summed E-state index contributed by atoms with van der Waals surface area (Å²) in [5.41, 5.74) is -1.05. The summed E-state index contributed by atoms with van der Waals surface area (Å²) in [7, 11) is -3.85. The summed E-state index contributed by atoms with van der Waals surface area (Å²) in [5.74, 6) is -2.98. The first-order valence-corrected chi connectivity index (χ1v) is 19.1. The van der Waals surface area contributed by atoms with Crippen molar-refractivity contribution >= 4 is 62.0 Å². The van der Waals surface area contributed by atoms with Crippen molar-refractivity contribution in [1.82, 2.24) is 14.6 Å². The molecule has 1 aromatic carbocycles. The lowest BCUT2D eigenvalue weighted by atomic mass is 9.77. The number of ketones is 1. The van der Waals surface area contributed by atoms with E-state index in [2.05, 4.69) is 16.3 Å². The van der Waals surface area contributed by atoms with Gasteiger partial charge in [-0.2, -0.15) is 0 Å². The molecule has 50 heavy (non-hydrogen) atoms. The number of benzene rings is 1. The molecule has 3 heterocycles. The van der Waals surface area contributed by atoms with Crippen molar-refractivity contribution in [2.75, 3.05) is 13.2 Å². The Balaban J connectivity index is 1.35. The summed E-state index contributed by atoms with van der Waals surface area (Å²) in [5, 5.41) is 1.14. The average molecular weight is 726 g/mol. The van der Waals surface area contributed by atoms with Gasteiger partial charge in [-0.05, 0) is 66.5 Å². The molecule has 1 N–H and O–H groups in total. The fraction of sp³-hybridized carbons (Fsp3) is 0.541. The normalized spacial score (nSPS) is 28.3. The van der Waals surface area contributed by atoms with Gasteiger partial charge >= 0.3 is 5.97 Å². The first-order valence-electron chi connectivity index (χ1n) is 17.2. The summed E-state index contributed by atoms with van der Waals surface area (Å²) >= 11 is 6.41. The van der Waals surface area contributed by atoms with E-state index < -0.39 is 73.7 Å². The highest BCUT2D eigenvalue weighted by Gasteiger charge is 2.61. The maximum absolute atomic E-state index is 14.5. The standard InChI is InChI=1S/C37H44ClN3O8S/c1-5-24-19-37(24,35(45)40-50(46,47)26-12-13-26)20-30(42)29-17-25-21-41(29)34(44)28(36(2,3)4)18-32(43)48-14-8-6-7-9-22-10-11-23-16-31(38)39-33(49-25)27(23)15-22/h5,7,9-11,15-16,24-26,28-29H,1,6,8,12-14,17-21H2,2-4H3,(H,40,45)/b9-7+/t24-,25-,28-,29+,37-/m1/s1. The molecule has 1 saturated heterocycles. The summed E-state index contributed by atoms with van der Waals surface area (Å²) in [4.78, 5) is 61.3. The molecule has 4 aliphatic rings. The van der Waals surface area contributed by atoms with E-state index in [4.69, 9.17) is 21.1 Å². The van der Waals surface area contributed by atoms with Crippen LogP contribution in [0, 0.1) is 22.7 Å². The lowest BCUT2D eigenvalue weighted by molar-refractivity contribution is -0.153. The molecule has 5 atom stereocenters. The SMILES string of the molecule is C=C[C@@H]1C[C@]1(CC(=O)[C@@H]1C[C@@H]2CN1C(=O)[C@H](C(C)(C)C)CC(=O)OCCC/C=C/c1ccc3cc(Cl)nc(c3c1)O2)C(=O)NS(=O)(=O)C1CC1. The van der Waals surface area contributed by atoms with Crippen LogP contribution >= 0.6 is 11.6 Å². The van der Waals surface area contributed by atoms with Crippen molar-refractivity contribution < 1.29 is 37.1 Å². The number of sulfonamides is 1. The average Bonchev–Trinajstić information content (AvgIpc) is 3.97. The van der Waals surface area contributed by atoms with Crippen LogP contribution in [0.3, 0.4) is 0 Å². The number of nitrogens with one attached hydrogen (secondary N) is 1. The van der Waals surface area contributed by atoms with Gasteiger partial charge in [0.05, 0.1) is 42.2 Å². The predicted molar refractivity (Wildman–Crippen MR) is 189 cm³/mol. The molecule has 0 unspecified atom stereocenters. The van der Waals surface area contributed by atoms with Gasteiger partial charge in [-0.1, -0.05) is 62.7 Å². The highest BCUT2D eigenvalue weighted by Crippen LogP contribution is 2.57. The number of ether oxygens (including phenoxy) is 2. The number of cyclic esters (lactones) is 1. The highest BCUT2D eigenvalue weighted by molar-refractivity contribution is 7.90. The molecule has 0 spiro atoms. The number of pyridine rings is 1. The van der Waals surface area contributed by atoms with Gasteiger partial charge in [0.25, 0.3) is 0 Å². The van der Waals surface area contributed by atoms with Gasteiger partial charge in [0.2, 0.25) is 27.7 Å². The lowest BCUT2D eigenvalue weighted by Crippen LogP contribution is -2.48. The van der Waals surface area contributed by atoms with Crippen LogP contribution in [0.5, 0.6) is 5.88 Å². The van der Waals surface area contributed by atoms with Crippen molar-refractivity contribution in [2.24, 2.45) is 22.7 Å². The Morgan fingerprint density at radius 2 is 1.96 bits per heavy atom. The molecule has 3 fully saturated rings. The number of hydrogen-bond donors (Lipinski definition) is 1. The number of allylic oxidation sites excluding steroid dienone is 2. The zero-order chi connectivity index (χ0) is 36.0. The van der Waals surface area contributed by atoms with Crippen molar-refractivity contribution in [3.63, 3.8) is 0 Å². The molecule has 2 aromatic rings. The van der Waals surface area contributed by atoms with Crippen LogP contribution in [0.15, 0.2) is 43.0 Å². The maximum atomic E-state index is 14.5. The Morgan fingerprint density at radius 3 is 2.64 bits per heavy atom. The number of nitrogens with zero attached hydrogens (tertiary/aromatic N) is 2. The molecule has 11 nitrogen and oxygen atoms in total. The van der Waals surface area contributed by atoms with Crippen molar-refractivity contribution in [1.29, 1.82) is 0 Å². The van der Waals surface area contributed by atoms with Crippen LogP contribution in [-0.4, -0.2) is 72.4 Å². The molecule has 268 valence electrons. The topological polar surface area (TPSA) is 149 Å². The fourth-order valence-electron chi connectivity index (χ4n) is 7.09. The van der Waals surface area contributed by atoms with Gasteiger partial charge < -0.3 is 14.4 Å². The van der Waals surface area contributed by atoms with E-state index in [-0.39, 0.29) is 49.9 Å². The molecule has 2 aliphatic carbocycles. The summed E-state index contributed by atoms with van der Waals surface area (Å²) in [6, 6.07) is 6.53. The van der Waals surface area contributed by atoms with E-state index in [9.17, 15) is 27.6 Å². The van der Waals surface area contributed by atoms with Crippen molar-refractivity contribution in [3.8, 4) is 5.88 Å². The fourth-order valence-corrected chi connectivity index (χ4v) is 8.67. The van der Waals surface area contributed by atoms with E-state index in [0.29, 0.717) is 31.1 Å². The molecule has 6 rings (SSSR count). The van der Waals surface area contributed by atoms with Crippen LogP contribution < -0.4 is 9.46 Å². The van der Waals surface area contributed by atoms with Crippen molar-refractivity contribution in [3.05, 3.63) is 53.7 Å². The zero-order valence-electron chi connectivity index (χ0n) is 28.7. The molecule has 2 aliphatic heterocycles. The van der Waals surface area contributed by atoms with Gasteiger partial charge in [-0.3, -0.25) is 23.9 Å². The van der Waals surface area contributed by atoms with E-state index in [0.717, 1.165) is 10.9 Å². The van der Waals surface area contributed by atoms with Gasteiger partial charge in [-0.15, -0.1) is 6.58 Å². The van der Waals surface area contributed by atoms with E-state index in [1.54, 1.807) is 12.1 Å². The number of halogens is 1. The third-order valence-corrected chi connectivity index (χ3v) is 12.4. The largest absolute Gasteiger partial charge is 0.472 e. The van der Waals surface area contributed by atoms with Gasteiger partial charge in [0.1, 0.15) is 11.3 Å². The van der Waals surface area contributed by atoms with E-state index >= 15 is 0 Å². The minimum Gasteiger partial charge on any atom is -0.472 e. The Morgan fingerprint density at radius 1 is 1.20 bits per heavy atom. The van der Waals surface area contributed by atoms with E-state index in [1.165, 1.54) is 4.90 Å². The molecule has 13 heteroatoms. The highest BCUT2D eigenvalue weighted by atomic mass is 35.5. The number of aromatic nitrogens is 1.